The third kappa shape index (κ3) is 10.3. The predicted octanol–water partition coefficient (Wildman–Crippen LogP) is 5.70. The third-order valence-electron chi connectivity index (χ3n) is 11.2. The van der Waals surface area contributed by atoms with Crippen LogP contribution in [-0.2, 0) is 16.1 Å². The highest BCUT2D eigenvalue weighted by Gasteiger charge is 2.44. The van der Waals surface area contributed by atoms with Crippen molar-refractivity contribution in [2.24, 2.45) is 17.8 Å². The summed E-state index contributed by atoms with van der Waals surface area (Å²) in [5, 5.41) is 41.8. The summed E-state index contributed by atoms with van der Waals surface area (Å²) in [6, 6.07) is -0.0360. The molecule has 2 saturated carbocycles. The number of cyclic esters (lactones) is 1. The first-order valence-electron chi connectivity index (χ1n) is 18.7. The van der Waals surface area contributed by atoms with Crippen LogP contribution < -0.4 is 0 Å². The number of aliphatic hydroxyl groups excluding tert-OH is 1. The maximum Gasteiger partial charge on any atom is 0.407 e. The molecule has 1 saturated heterocycles. The highest BCUT2D eigenvalue weighted by atomic mass is 16.5. The van der Waals surface area contributed by atoms with Gasteiger partial charge in [-0.2, -0.15) is 0 Å². The lowest BCUT2D eigenvalue weighted by molar-refractivity contribution is -0.151. The minimum Gasteiger partial charge on any atom is -0.465 e. The average Bonchev–Trinajstić information content (AvgIpc) is 3.85. The second kappa shape index (κ2) is 16.8. The van der Waals surface area contributed by atoms with Crippen LogP contribution in [0.1, 0.15) is 110 Å². The molecule has 2 aliphatic heterocycles. The summed E-state index contributed by atoms with van der Waals surface area (Å²) in [6.45, 7) is 10.1. The molecule has 0 radical (unpaired) electrons. The number of aliphatic hydroxyl groups is 2. The molecule has 49 heavy (non-hydrogen) atoms. The minimum atomic E-state index is -1.31. The summed E-state index contributed by atoms with van der Waals surface area (Å²) < 4.78 is 7.90. The quantitative estimate of drug-likeness (QED) is 0.136. The summed E-state index contributed by atoms with van der Waals surface area (Å²) in [4.78, 5) is 29.6. The molecule has 272 valence electrons. The first-order valence-corrected chi connectivity index (χ1v) is 18.7. The van der Waals surface area contributed by atoms with Crippen molar-refractivity contribution < 1.29 is 29.6 Å². The maximum atomic E-state index is 13.0. The Balaban J connectivity index is 1.36. The lowest BCUT2D eigenvalue weighted by Gasteiger charge is -2.48. The molecular formula is C38H59N5O6. The second-order valence-electron chi connectivity index (χ2n) is 15.5. The number of ether oxygens (including phenoxy) is 1. The van der Waals surface area contributed by atoms with Gasteiger partial charge in [0.15, 0.2) is 0 Å². The van der Waals surface area contributed by atoms with Crippen molar-refractivity contribution in [2.75, 3.05) is 19.6 Å². The molecule has 11 heteroatoms. The Kier molecular flexibility index (Phi) is 12.8. The van der Waals surface area contributed by atoms with Crippen LogP contribution in [0.15, 0.2) is 42.2 Å². The number of amides is 1. The van der Waals surface area contributed by atoms with Gasteiger partial charge in [0, 0.05) is 56.2 Å². The number of hydrogen-bond donors (Lipinski definition) is 3. The Hall–Kier alpha value is -3.02. The van der Waals surface area contributed by atoms with Gasteiger partial charge in [-0.25, -0.2) is 4.79 Å². The second-order valence-corrected chi connectivity index (χ2v) is 15.5. The zero-order valence-electron chi connectivity index (χ0n) is 30.0. The standard InChI is InChI=1S/C38H59N5O6/c1-26(23-42-24-33(39-40-42)29-15-16-29)10-9-11-27(2)36-28(3)14-17-32(38(4,48)19-18-31(44)22-35(45)49-36)34-25-41(20-21-43(34)37(46)47)30-12-7-5-6-8-13-30/h9-11,14,17,24,26,28-32,34,36,44,48H,5-8,12-13,15-16,18-23,25H2,1-4H3,(H,46,47)/b10-9+,17-14+,27-11+/t26-,28+,31+,32+,34?,36-,38+/m1/s1. The molecule has 4 aliphatic rings. The van der Waals surface area contributed by atoms with Crippen LogP contribution in [0.25, 0.3) is 0 Å². The van der Waals surface area contributed by atoms with E-state index in [-0.39, 0.29) is 31.1 Å². The van der Waals surface area contributed by atoms with E-state index in [1.54, 1.807) is 6.92 Å². The fourth-order valence-corrected chi connectivity index (χ4v) is 8.02. The zero-order valence-corrected chi connectivity index (χ0v) is 30.0. The molecule has 0 spiro atoms. The largest absolute Gasteiger partial charge is 0.465 e. The van der Waals surface area contributed by atoms with E-state index in [4.69, 9.17) is 4.74 Å². The van der Waals surface area contributed by atoms with Crippen LogP contribution in [0.5, 0.6) is 0 Å². The van der Waals surface area contributed by atoms with E-state index < -0.39 is 41.8 Å². The van der Waals surface area contributed by atoms with E-state index in [1.165, 1.54) is 43.4 Å². The molecule has 1 aromatic rings. The lowest BCUT2D eigenvalue weighted by Crippen LogP contribution is -2.62. The van der Waals surface area contributed by atoms with Crippen LogP contribution in [0, 0.1) is 17.8 Å². The molecule has 0 aromatic carbocycles. The topological polar surface area (TPSA) is 141 Å². The summed E-state index contributed by atoms with van der Waals surface area (Å²) in [7, 11) is 0. The number of allylic oxidation sites excluding steroid dienone is 3. The summed E-state index contributed by atoms with van der Waals surface area (Å²) in [5.41, 5.74) is 0.613. The van der Waals surface area contributed by atoms with Gasteiger partial charge in [-0.3, -0.25) is 14.4 Å². The number of hydrogen-bond acceptors (Lipinski definition) is 8. The zero-order chi connectivity index (χ0) is 35.1. The number of piperazine rings is 1. The Morgan fingerprint density at radius 3 is 2.55 bits per heavy atom. The van der Waals surface area contributed by atoms with Crippen molar-refractivity contribution in [3.8, 4) is 0 Å². The fourth-order valence-electron chi connectivity index (χ4n) is 8.02. The van der Waals surface area contributed by atoms with E-state index in [1.807, 2.05) is 49.0 Å². The first-order chi connectivity index (χ1) is 23.4. The maximum absolute atomic E-state index is 13.0. The van der Waals surface area contributed by atoms with Crippen molar-refractivity contribution >= 4 is 12.1 Å². The van der Waals surface area contributed by atoms with Gasteiger partial charge in [0.1, 0.15) is 6.10 Å². The molecule has 2 aliphatic carbocycles. The van der Waals surface area contributed by atoms with Gasteiger partial charge in [-0.1, -0.05) is 75.1 Å². The van der Waals surface area contributed by atoms with E-state index in [0.29, 0.717) is 38.1 Å². The Morgan fingerprint density at radius 2 is 1.86 bits per heavy atom. The molecule has 1 unspecified atom stereocenters. The van der Waals surface area contributed by atoms with Gasteiger partial charge in [0.2, 0.25) is 0 Å². The fraction of sp³-hybridized carbons (Fsp3) is 0.737. The first kappa shape index (κ1) is 37.2. The summed E-state index contributed by atoms with van der Waals surface area (Å²) in [5.74, 6) is -0.503. The molecule has 3 N–H and O–H groups in total. The molecule has 0 bridgehead atoms. The number of nitrogens with zero attached hydrogens (tertiary/aromatic N) is 5. The van der Waals surface area contributed by atoms with E-state index in [0.717, 1.165) is 24.1 Å². The van der Waals surface area contributed by atoms with E-state index in [2.05, 4.69) is 28.2 Å². The van der Waals surface area contributed by atoms with Gasteiger partial charge in [0.25, 0.3) is 0 Å². The highest BCUT2D eigenvalue weighted by molar-refractivity contribution is 5.70. The number of carbonyl (C=O) groups is 2. The molecular weight excluding hydrogens is 622 g/mol. The van der Waals surface area contributed by atoms with Crippen LogP contribution in [0.2, 0.25) is 0 Å². The molecule has 3 heterocycles. The van der Waals surface area contributed by atoms with Crippen LogP contribution in [0.3, 0.4) is 0 Å². The molecule has 7 atom stereocenters. The van der Waals surface area contributed by atoms with Crippen molar-refractivity contribution in [2.45, 2.75) is 141 Å². The third-order valence-corrected chi connectivity index (χ3v) is 11.2. The highest BCUT2D eigenvalue weighted by Crippen LogP contribution is 2.39. The molecule has 1 aromatic heterocycles. The summed E-state index contributed by atoms with van der Waals surface area (Å²) >= 11 is 0. The Morgan fingerprint density at radius 1 is 1.12 bits per heavy atom. The van der Waals surface area contributed by atoms with Gasteiger partial charge in [0.05, 0.1) is 29.9 Å². The van der Waals surface area contributed by atoms with Crippen LogP contribution in [-0.4, -0.2) is 102 Å². The smallest absolute Gasteiger partial charge is 0.407 e. The average molecular weight is 682 g/mol. The van der Waals surface area contributed by atoms with Crippen molar-refractivity contribution in [3.05, 3.63) is 47.8 Å². The number of carboxylic acid groups (broad SMARTS) is 1. The molecule has 11 nitrogen and oxygen atoms in total. The molecule has 5 rings (SSSR count). The van der Waals surface area contributed by atoms with Crippen molar-refractivity contribution in [1.82, 2.24) is 24.8 Å². The SMILES string of the molecule is C/C(=C\C=C\[C@@H](C)Cn1cc(C2CC2)nn1)[C@H]1OC(=O)C[C@@H](O)CC[C@](C)(O)[C@H](C2CN(C3CCCCCC3)CCN2C(=O)O)/C=C/[C@@H]1C. The van der Waals surface area contributed by atoms with Gasteiger partial charge in [-0.05, 0) is 63.9 Å². The van der Waals surface area contributed by atoms with Crippen molar-refractivity contribution in [1.29, 1.82) is 0 Å². The monoisotopic (exact) mass is 681 g/mol. The number of rotatable bonds is 8. The number of aromatic nitrogens is 3. The van der Waals surface area contributed by atoms with Crippen LogP contribution >= 0.6 is 0 Å². The van der Waals surface area contributed by atoms with Gasteiger partial charge >= 0.3 is 12.1 Å². The van der Waals surface area contributed by atoms with Gasteiger partial charge < -0.3 is 25.0 Å². The normalized spacial score (nSPS) is 33.3. The van der Waals surface area contributed by atoms with Crippen LogP contribution in [0.4, 0.5) is 4.79 Å². The van der Waals surface area contributed by atoms with Crippen molar-refractivity contribution in [3.63, 3.8) is 0 Å². The molecule has 1 amide bonds. The molecule has 3 fully saturated rings. The van der Waals surface area contributed by atoms with Gasteiger partial charge in [-0.15, -0.1) is 5.10 Å². The minimum absolute atomic E-state index is 0.172. The predicted molar refractivity (Wildman–Crippen MR) is 188 cm³/mol. The van der Waals surface area contributed by atoms with E-state index in [9.17, 15) is 24.9 Å². The number of carbonyl (C=O) groups excluding carboxylic acids is 1. The number of esters is 1. The summed E-state index contributed by atoms with van der Waals surface area (Å²) in [6.07, 6.45) is 19.2. The van der Waals surface area contributed by atoms with E-state index >= 15 is 0 Å². The lowest BCUT2D eigenvalue weighted by atomic mass is 9.77. The Bertz CT molecular complexity index is 1340. The Labute approximate surface area is 292 Å².